The van der Waals surface area contributed by atoms with Gasteiger partial charge in [0.25, 0.3) is 5.69 Å². The molecule has 27 heavy (non-hydrogen) atoms. The van der Waals surface area contributed by atoms with Gasteiger partial charge in [0.15, 0.2) is 5.82 Å². The number of halogens is 1. The maximum atomic E-state index is 12.6. The molecule has 4 rings (SSSR count). The van der Waals surface area contributed by atoms with E-state index in [1.807, 2.05) is 23.1 Å². The first-order valence-corrected chi connectivity index (χ1v) is 9.06. The van der Waals surface area contributed by atoms with Crippen LogP contribution in [0.5, 0.6) is 0 Å². The lowest BCUT2D eigenvalue weighted by Gasteiger charge is -2.18. The first kappa shape index (κ1) is 17.4. The minimum Gasteiger partial charge on any atom is -0.357 e. The van der Waals surface area contributed by atoms with E-state index in [1.165, 1.54) is 12.3 Å². The highest BCUT2D eigenvalue weighted by Crippen LogP contribution is 2.36. The van der Waals surface area contributed by atoms with Crippen LogP contribution < -0.4 is 4.90 Å². The molecule has 0 fully saturated rings. The van der Waals surface area contributed by atoms with E-state index in [1.54, 1.807) is 29.9 Å². The largest absolute Gasteiger partial charge is 0.357 e. The van der Waals surface area contributed by atoms with Gasteiger partial charge >= 0.3 is 0 Å². The van der Waals surface area contributed by atoms with Crippen LogP contribution in [0.3, 0.4) is 0 Å². The number of nitro groups is 1. The van der Waals surface area contributed by atoms with E-state index in [0.717, 1.165) is 15.6 Å². The fourth-order valence-corrected chi connectivity index (χ4v) is 3.73. The van der Waals surface area contributed by atoms with Crippen molar-refractivity contribution in [1.82, 2.24) is 9.55 Å². The third-order valence-electron chi connectivity index (χ3n) is 4.69. The highest BCUT2D eigenvalue weighted by Gasteiger charge is 2.27. The van der Waals surface area contributed by atoms with Crippen LogP contribution in [0.2, 0.25) is 0 Å². The van der Waals surface area contributed by atoms with Gasteiger partial charge in [0.1, 0.15) is 5.69 Å². The van der Waals surface area contributed by atoms with Crippen LogP contribution in [0.25, 0.3) is 0 Å². The maximum absolute atomic E-state index is 12.6. The van der Waals surface area contributed by atoms with Crippen molar-refractivity contribution in [3.05, 3.63) is 85.9 Å². The highest BCUT2D eigenvalue weighted by molar-refractivity contribution is 9.10. The van der Waals surface area contributed by atoms with Crippen LogP contribution in [0.4, 0.5) is 11.4 Å². The fourth-order valence-electron chi connectivity index (χ4n) is 3.33. The molecule has 0 amide bonds. The monoisotopic (exact) mass is 426 g/mol. The average Bonchev–Trinajstić information content (AvgIpc) is 3.26. The van der Waals surface area contributed by atoms with Gasteiger partial charge in [-0.25, -0.2) is 4.98 Å². The summed E-state index contributed by atoms with van der Waals surface area (Å²) in [6.45, 7) is 1.18. The molecule has 0 saturated carbocycles. The number of imidazole rings is 1. The van der Waals surface area contributed by atoms with Gasteiger partial charge in [-0.05, 0) is 35.4 Å². The van der Waals surface area contributed by atoms with Crippen LogP contribution in [0, 0.1) is 10.1 Å². The summed E-state index contributed by atoms with van der Waals surface area (Å²) in [5, 5.41) is 11.7. The van der Waals surface area contributed by atoms with Crippen molar-refractivity contribution in [3.8, 4) is 0 Å². The van der Waals surface area contributed by atoms with Gasteiger partial charge in [-0.3, -0.25) is 14.9 Å². The number of carbonyl (C=O) groups excluding carboxylic acids is 1. The van der Waals surface area contributed by atoms with Gasteiger partial charge in [-0.15, -0.1) is 0 Å². The van der Waals surface area contributed by atoms with Gasteiger partial charge in [0.2, 0.25) is 5.78 Å². The van der Waals surface area contributed by atoms with Crippen molar-refractivity contribution in [2.75, 3.05) is 4.90 Å². The third kappa shape index (κ3) is 3.12. The van der Waals surface area contributed by atoms with E-state index in [9.17, 15) is 14.9 Å². The zero-order valence-corrected chi connectivity index (χ0v) is 16.0. The molecule has 0 aliphatic carbocycles. The smallest absolute Gasteiger partial charge is 0.293 e. The summed E-state index contributed by atoms with van der Waals surface area (Å²) in [6.07, 6.45) is 3.19. The topological polar surface area (TPSA) is 81.3 Å². The average molecular weight is 427 g/mol. The summed E-state index contributed by atoms with van der Waals surface area (Å²) in [5.41, 5.74) is 2.94. The Labute approximate surface area is 163 Å². The minimum absolute atomic E-state index is 0.0815. The van der Waals surface area contributed by atoms with Crippen LogP contribution >= 0.6 is 15.9 Å². The minimum atomic E-state index is -0.441. The molecule has 2 aromatic carbocycles. The van der Waals surface area contributed by atoms with Crippen molar-refractivity contribution in [3.63, 3.8) is 0 Å². The summed E-state index contributed by atoms with van der Waals surface area (Å²) in [6, 6.07) is 10.6. The van der Waals surface area contributed by atoms with Crippen molar-refractivity contribution < 1.29 is 9.72 Å². The summed E-state index contributed by atoms with van der Waals surface area (Å²) in [7, 11) is 1.71. The molecule has 0 bridgehead atoms. The summed E-state index contributed by atoms with van der Waals surface area (Å²) < 4.78 is 2.57. The number of aryl methyl sites for hydroxylation is 1. The second-order valence-electron chi connectivity index (χ2n) is 6.42. The molecule has 3 aromatic rings. The predicted molar refractivity (Wildman–Crippen MR) is 104 cm³/mol. The van der Waals surface area contributed by atoms with Crippen molar-refractivity contribution in [1.29, 1.82) is 0 Å². The van der Waals surface area contributed by atoms with E-state index >= 15 is 0 Å². The molecule has 1 aromatic heterocycles. The lowest BCUT2D eigenvalue weighted by molar-refractivity contribution is -0.384. The number of hydrogen-bond acceptors (Lipinski definition) is 5. The first-order chi connectivity index (χ1) is 12.9. The molecule has 0 unspecified atom stereocenters. The number of nitro benzene ring substituents is 1. The van der Waals surface area contributed by atoms with Gasteiger partial charge in [0, 0.05) is 48.6 Å². The SMILES string of the molecule is Cn1ccnc1C(=O)c1ccc(N2Cc3ccc(Br)cc3C2)c([N+](=O)[O-])c1. The Morgan fingerprint density at radius 2 is 1.96 bits per heavy atom. The Bertz CT molecular complexity index is 1080. The number of fused-ring (bicyclic) bond motifs is 1. The zero-order valence-electron chi connectivity index (χ0n) is 14.4. The molecule has 0 radical (unpaired) electrons. The number of carbonyl (C=O) groups is 1. The Kier molecular flexibility index (Phi) is 4.27. The molecule has 0 N–H and O–H groups in total. The van der Waals surface area contributed by atoms with Crippen molar-refractivity contribution >= 4 is 33.1 Å². The molecule has 0 atom stereocenters. The molecule has 0 saturated heterocycles. The van der Waals surface area contributed by atoms with E-state index in [-0.39, 0.29) is 22.9 Å². The van der Waals surface area contributed by atoms with Crippen LogP contribution in [-0.2, 0) is 20.1 Å². The van der Waals surface area contributed by atoms with Crippen LogP contribution in [0.1, 0.15) is 27.3 Å². The Balaban J connectivity index is 1.70. The van der Waals surface area contributed by atoms with E-state index in [4.69, 9.17) is 0 Å². The molecule has 8 heteroatoms. The molecule has 136 valence electrons. The maximum Gasteiger partial charge on any atom is 0.293 e. The predicted octanol–water partition coefficient (Wildman–Crippen LogP) is 3.84. The number of hydrogen-bond donors (Lipinski definition) is 0. The van der Waals surface area contributed by atoms with Crippen molar-refractivity contribution in [2.24, 2.45) is 7.05 Å². The lowest BCUT2D eigenvalue weighted by Crippen LogP contribution is -2.17. The lowest BCUT2D eigenvalue weighted by atomic mass is 10.1. The van der Waals surface area contributed by atoms with Gasteiger partial charge < -0.3 is 9.47 Å². The van der Waals surface area contributed by atoms with E-state index < -0.39 is 4.92 Å². The zero-order chi connectivity index (χ0) is 19.1. The Hall–Kier alpha value is -3.00. The van der Waals surface area contributed by atoms with Gasteiger partial charge in [0.05, 0.1) is 4.92 Å². The summed E-state index contributed by atoms with van der Waals surface area (Å²) in [4.78, 5) is 29.8. The normalized spacial score (nSPS) is 12.9. The van der Waals surface area contributed by atoms with E-state index in [0.29, 0.717) is 18.8 Å². The number of nitrogens with zero attached hydrogens (tertiary/aromatic N) is 4. The highest BCUT2D eigenvalue weighted by atomic mass is 79.9. The second-order valence-corrected chi connectivity index (χ2v) is 7.34. The fraction of sp³-hybridized carbons (Fsp3) is 0.158. The molecule has 2 heterocycles. The number of benzene rings is 2. The number of rotatable bonds is 4. The van der Waals surface area contributed by atoms with Crippen LogP contribution in [0.15, 0.2) is 53.3 Å². The first-order valence-electron chi connectivity index (χ1n) is 8.27. The van der Waals surface area contributed by atoms with Gasteiger partial charge in [-0.1, -0.05) is 22.0 Å². The molecule has 1 aliphatic heterocycles. The summed E-state index contributed by atoms with van der Waals surface area (Å²) >= 11 is 3.46. The van der Waals surface area contributed by atoms with Crippen LogP contribution in [-0.4, -0.2) is 20.3 Å². The quantitative estimate of drug-likeness (QED) is 0.359. The number of aromatic nitrogens is 2. The second kappa shape index (κ2) is 6.62. The molecular formula is C19H15BrN4O3. The Morgan fingerprint density at radius 3 is 2.67 bits per heavy atom. The van der Waals surface area contributed by atoms with Crippen molar-refractivity contribution in [2.45, 2.75) is 13.1 Å². The molecular weight excluding hydrogens is 412 g/mol. The third-order valence-corrected chi connectivity index (χ3v) is 5.18. The van der Waals surface area contributed by atoms with E-state index in [2.05, 4.69) is 20.9 Å². The molecule has 1 aliphatic rings. The standard InChI is InChI=1S/C19H15BrN4O3/c1-22-7-6-21-19(22)18(25)12-3-5-16(17(9-12)24(26)27)23-10-13-2-4-15(20)8-14(13)11-23/h2-9H,10-11H2,1H3. The molecule has 0 spiro atoms. The Morgan fingerprint density at radius 1 is 1.19 bits per heavy atom. The number of anilines is 1. The number of ketones is 1. The summed E-state index contributed by atoms with van der Waals surface area (Å²) in [5.74, 6) is -0.0961. The van der Waals surface area contributed by atoms with Gasteiger partial charge in [-0.2, -0.15) is 0 Å². The molecule has 7 nitrogen and oxygen atoms in total.